The lowest BCUT2D eigenvalue weighted by molar-refractivity contribution is 0.145. The summed E-state index contributed by atoms with van der Waals surface area (Å²) in [6, 6.07) is 0. The third kappa shape index (κ3) is 7.36. The second kappa shape index (κ2) is 11.9. The molecule has 0 bridgehead atoms. The normalized spacial score (nSPS) is 19.9. The SMILES string of the molecule is CCOCCCNC(=NC)N1CCSC(C(C)C)C1.I. The van der Waals surface area contributed by atoms with E-state index in [0.717, 1.165) is 56.4 Å². The molecular formula is C14H30IN3OS. The van der Waals surface area contributed by atoms with Crippen LogP contribution in [-0.4, -0.2) is 61.8 Å². The number of ether oxygens (including phenoxy) is 1. The number of hydrogen-bond donors (Lipinski definition) is 1. The molecule has 1 aliphatic rings. The third-order valence-electron chi connectivity index (χ3n) is 3.30. The molecule has 0 amide bonds. The van der Waals surface area contributed by atoms with Crippen molar-refractivity contribution in [2.75, 3.05) is 45.6 Å². The van der Waals surface area contributed by atoms with Crippen molar-refractivity contribution in [2.45, 2.75) is 32.4 Å². The van der Waals surface area contributed by atoms with Crippen LogP contribution in [0.15, 0.2) is 4.99 Å². The predicted molar refractivity (Wildman–Crippen MR) is 101 cm³/mol. The second-order valence-corrected chi connectivity index (χ2v) is 6.47. The maximum absolute atomic E-state index is 5.35. The maximum Gasteiger partial charge on any atom is 0.193 e. The van der Waals surface area contributed by atoms with Crippen LogP contribution in [0.3, 0.4) is 0 Å². The average Bonchev–Trinajstić information content (AvgIpc) is 2.43. The van der Waals surface area contributed by atoms with E-state index in [1.165, 1.54) is 5.75 Å². The van der Waals surface area contributed by atoms with Gasteiger partial charge < -0.3 is 15.0 Å². The Labute approximate surface area is 145 Å². The van der Waals surface area contributed by atoms with Gasteiger partial charge in [0.2, 0.25) is 0 Å². The topological polar surface area (TPSA) is 36.9 Å². The van der Waals surface area contributed by atoms with E-state index in [-0.39, 0.29) is 24.0 Å². The molecular weight excluding hydrogens is 385 g/mol. The first-order valence-electron chi connectivity index (χ1n) is 7.34. The molecule has 0 aromatic rings. The monoisotopic (exact) mass is 415 g/mol. The molecule has 4 nitrogen and oxygen atoms in total. The highest BCUT2D eigenvalue weighted by Gasteiger charge is 2.24. The van der Waals surface area contributed by atoms with Gasteiger partial charge in [0.15, 0.2) is 5.96 Å². The van der Waals surface area contributed by atoms with Gasteiger partial charge in [-0.2, -0.15) is 11.8 Å². The van der Waals surface area contributed by atoms with Crippen LogP contribution in [0.1, 0.15) is 27.2 Å². The number of nitrogens with zero attached hydrogens (tertiary/aromatic N) is 2. The fourth-order valence-electron chi connectivity index (χ4n) is 2.12. The molecule has 0 aromatic heterocycles. The van der Waals surface area contributed by atoms with E-state index in [2.05, 4.69) is 40.8 Å². The minimum atomic E-state index is 0. The fourth-order valence-corrected chi connectivity index (χ4v) is 3.42. The highest BCUT2D eigenvalue weighted by molar-refractivity contribution is 14.0. The Hall–Kier alpha value is 0.310. The predicted octanol–water partition coefficient (Wildman–Crippen LogP) is 2.68. The third-order valence-corrected chi connectivity index (χ3v) is 4.84. The lowest BCUT2D eigenvalue weighted by Crippen LogP contribution is -2.49. The minimum Gasteiger partial charge on any atom is -0.382 e. The number of halogens is 1. The summed E-state index contributed by atoms with van der Waals surface area (Å²) in [5, 5.41) is 4.16. The largest absolute Gasteiger partial charge is 0.382 e. The summed E-state index contributed by atoms with van der Waals surface area (Å²) in [5.74, 6) is 2.97. The number of thioether (sulfide) groups is 1. The van der Waals surface area contributed by atoms with Gasteiger partial charge in [0.05, 0.1) is 0 Å². The summed E-state index contributed by atoms with van der Waals surface area (Å²) >= 11 is 2.09. The molecule has 0 saturated carbocycles. The van der Waals surface area contributed by atoms with Crippen molar-refractivity contribution in [3.8, 4) is 0 Å². The van der Waals surface area contributed by atoms with Crippen LogP contribution in [-0.2, 0) is 4.74 Å². The summed E-state index contributed by atoms with van der Waals surface area (Å²) in [5.41, 5.74) is 0. The molecule has 1 N–H and O–H groups in total. The molecule has 1 saturated heterocycles. The molecule has 20 heavy (non-hydrogen) atoms. The maximum atomic E-state index is 5.35. The van der Waals surface area contributed by atoms with Gasteiger partial charge in [-0.1, -0.05) is 13.8 Å². The quantitative estimate of drug-likeness (QED) is 0.313. The van der Waals surface area contributed by atoms with E-state index in [1.54, 1.807) is 0 Å². The van der Waals surface area contributed by atoms with Crippen molar-refractivity contribution in [3.05, 3.63) is 0 Å². The van der Waals surface area contributed by atoms with Gasteiger partial charge in [0.25, 0.3) is 0 Å². The van der Waals surface area contributed by atoms with Crippen molar-refractivity contribution in [2.24, 2.45) is 10.9 Å². The number of hydrogen-bond acceptors (Lipinski definition) is 3. The molecule has 1 rings (SSSR count). The lowest BCUT2D eigenvalue weighted by atomic mass is 10.1. The number of aliphatic imine (C=N–C) groups is 1. The summed E-state index contributed by atoms with van der Waals surface area (Å²) in [7, 11) is 1.87. The summed E-state index contributed by atoms with van der Waals surface area (Å²) < 4.78 is 5.35. The zero-order valence-corrected chi connectivity index (χ0v) is 16.4. The number of guanidine groups is 1. The summed E-state index contributed by atoms with van der Waals surface area (Å²) in [6.45, 7) is 11.4. The van der Waals surface area contributed by atoms with Gasteiger partial charge in [-0.15, -0.1) is 24.0 Å². The van der Waals surface area contributed by atoms with Crippen LogP contribution in [0.4, 0.5) is 0 Å². The Morgan fingerprint density at radius 1 is 1.50 bits per heavy atom. The van der Waals surface area contributed by atoms with Crippen molar-refractivity contribution < 1.29 is 4.74 Å². The lowest BCUT2D eigenvalue weighted by Gasteiger charge is -2.36. The number of rotatable bonds is 6. The molecule has 1 unspecified atom stereocenters. The van der Waals surface area contributed by atoms with Crippen LogP contribution in [0.2, 0.25) is 0 Å². The minimum absolute atomic E-state index is 0. The van der Waals surface area contributed by atoms with E-state index in [1.807, 2.05) is 14.0 Å². The molecule has 1 aliphatic heterocycles. The van der Waals surface area contributed by atoms with Crippen LogP contribution >= 0.6 is 35.7 Å². The molecule has 120 valence electrons. The van der Waals surface area contributed by atoms with Crippen molar-refractivity contribution in [1.29, 1.82) is 0 Å². The van der Waals surface area contributed by atoms with Crippen LogP contribution in [0, 0.1) is 5.92 Å². The zero-order chi connectivity index (χ0) is 14.1. The number of nitrogens with one attached hydrogen (secondary N) is 1. The first kappa shape index (κ1) is 20.3. The van der Waals surface area contributed by atoms with E-state index in [9.17, 15) is 0 Å². The Morgan fingerprint density at radius 3 is 2.85 bits per heavy atom. The van der Waals surface area contributed by atoms with E-state index in [4.69, 9.17) is 4.74 Å². The molecule has 1 atom stereocenters. The van der Waals surface area contributed by atoms with Gasteiger partial charge in [-0.25, -0.2) is 0 Å². The van der Waals surface area contributed by atoms with E-state index >= 15 is 0 Å². The molecule has 1 fully saturated rings. The van der Waals surface area contributed by atoms with Gasteiger partial charge in [-0.3, -0.25) is 4.99 Å². The van der Waals surface area contributed by atoms with Crippen molar-refractivity contribution >= 4 is 41.7 Å². The average molecular weight is 415 g/mol. The molecule has 0 aromatic carbocycles. The van der Waals surface area contributed by atoms with E-state index in [0.29, 0.717) is 0 Å². The Morgan fingerprint density at radius 2 is 2.25 bits per heavy atom. The summed E-state index contributed by atoms with van der Waals surface area (Å²) in [6.07, 6.45) is 1.03. The molecule has 1 heterocycles. The van der Waals surface area contributed by atoms with Crippen molar-refractivity contribution in [3.63, 3.8) is 0 Å². The Bertz CT molecular complexity index is 277. The van der Waals surface area contributed by atoms with E-state index < -0.39 is 0 Å². The van der Waals surface area contributed by atoms with Crippen LogP contribution < -0.4 is 5.32 Å². The second-order valence-electron chi connectivity index (χ2n) is 5.12. The van der Waals surface area contributed by atoms with Gasteiger partial charge in [0.1, 0.15) is 0 Å². The van der Waals surface area contributed by atoms with Crippen LogP contribution in [0.5, 0.6) is 0 Å². The molecule has 0 radical (unpaired) electrons. The highest BCUT2D eigenvalue weighted by atomic mass is 127. The molecule has 0 spiro atoms. The zero-order valence-electron chi connectivity index (χ0n) is 13.2. The summed E-state index contributed by atoms with van der Waals surface area (Å²) in [4.78, 5) is 6.80. The van der Waals surface area contributed by atoms with Gasteiger partial charge in [-0.05, 0) is 19.3 Å². The standard InChI is InChI=1S/C14H29N3OS.HI/c1-5-18-9-6-7-16-14(15-4)17-8-10-19-13(11-17)12(2)3;/h12-13H,5-11H2,1-4H3,(H,15,16);1H. The van der Waals surface area contributed by atoms with Crippen molar-refractivity contribution in [1.82, 2.24) is 10.2 Å². The molecule has 0 aliphatic carbocycles. The Kier molecular flexibility index (Phi) is 12.1. The highest BCUT2D eigenvalue weighted by Crippen LogP contribution is 2.24. The first-order chi connectivity index (χ1) is 9.19. The van der Waals surface area contributed by atoms with Gasteiger partial charge in [0, 0.05) is 50.9 Å². The van der Waals surface area contributed by atoms with Gasteiger partial charge >= 0.3 is 0 Å². The molecule has 6 heteroatoms. The van der Waals surface area contributed by atoms with Crippen LogP contribution in [0.25, 0.3) is 0 Å². The first-order valence-corrected chi connectivity index (χ1v) is 8.38. The fraction of sp³-hybridized carbons (Fsp3) is 0.929. The Balaban J connectivity index is 0.00000361. The smallest absolute Gasteiger partial charge is 0.193 e.